The van der Waals surface area contributed by atoms with E-state index in [1.807, 2.05) is 0 Å². The van der Waals surface area contributed by atoms with Gasteiger partial charge in [-0.05, 0) is 18.4 Å². The molecule has 1 saturated carbocycles. The quantitative estimate of drug-likeness (QED) is 0.345. The van der Waals surface area contributed by atoms with Crippen molar-refractivity contribution >= 4 is 23.4 Å². The van der Waals surface area contributed by atoms with Gasteiger partial charge in [0.05, 0.1) is 10.3 Å². The highest BCUT2D eigenvalue weighted by Crippen LogP contribution is 2.48. The lowest BCUT2D eigenvalue weighted by molar-refractivity contribution is -0.384. The summed E-state index contributed by atoms with van der Waals surface area (Å²) in [5, 5.41) is 20.8. The van der Waals surface area contributed by atoms with Crippen LogP contribution in [-0.4, -0.2) is 38.3 Å². The van der Waals surface area contributed by atoms with Gasteiger partial charge < -0.3 is 5.32 Å². The number of non-ortho nitro benzene ring substituents is 1. The number of nitrogens with one attached hydrogen (secondary N) is 2. The van der Waals surface area contributed by atoms with Gasteiger partial charge >= 0.3 is 0 Å². The van der Waals surface area contributed by atoms with Crippen LogP contribution in [0, 0.1) is 10.1 Å². The van der Waals surface area contributed by atoms with Crippen molar-refractivity contribution in [2.75, 3.05) is 12.3 Å². The highest BCUT2D eigenvalue weighted by atomic mass is 32.2. The van der Waals surface area contributed by atoms with Crippen LogP contribution in [0.5, 0.6) is 0 Å². The maximum Gasteiger partial charge on any atom is 0.269 e. The van der Waals surface area contributed by atoms with Gasteiger partial charge in [0.2, 0.25) is 5.91 Å². The lowest BCUT2D eigenvalue weighted by Gasteiger charge is -2.15. The fourth-order valence-electron chi connectivity index (χ4n) is 2.42. The number of H-pyrrole nitrogens is 1. The zero-order valence-corrected chi connectivity index (χ0v) is 13.0. The molecule has 2 N–H and O–H groups in total. The standard InChI is InChI=1S/C14H15N5O3S/c20-12(15-7-8-23-13-16-9-17-18-13)14(5-6-14)10-1-3-11(4-2-10)19(21)22/h1-4,9H,5-8H2,(H,15,20)(H,16,17,18). The van der Waals surface area contributed by atoms with Crippen LogP contribution in [0.25, 0.3) is 0 Å². The monoisotopic (exact) mass is 333 g/mol. The van der Waals surface area contributed by atoms with Crippen LogP contribution in [0.1, 0.15) is 18.4 Å². The molecule has 1 fully saturated rings. The third-order valence-corrected chi connectivity index (χ3v) is 4.71. The Balaban J connectivity index is 1.54. The first kappa shape index (κ1) is 15.5. The largest absolute Gasteiger partial charge is 0.354 e. The minimum absolute atomic E-state index is 0.0236. The number of aromatic amines is 1. The number of hydrogen-bond acceptors (Lipinski definition) is 6. The molecule has 120 valence electrons. The molecule has 9 heteroatoms. The average Bonchev–Trinajstić information content (AvgIpc) is 3.21. The summed E-state index contributed by atoms with van der Waals surface area (Å²) in [4.78, 5) is 26.7. The molecule has 0 unspecified atom stereocenters. The van der Waals surface area contributed by atoms with Crippen LogP contribution in [-0.2, 0) is 10.2 Å². The van der Waals surface area contributed by atoms with Crippen LogP contribution in [0.2, 0.25) is 0 Å². The van der Waals surface area contributed by atoms with E-state index >= 15 is 0 Å². The van der Waals surface area contributed by atoms with Crippen molar-refractivity contribution in [2.45, 2.75) is 23.4 Å². The van der Waals surface area contributed by atoms with Crippen molar-refractivity contribution in [3.63, 3.8) is 0 Å². The van der Waals surface area contributed by atoms with E-state index in [0.717, 1.165) is 23.6 Å². The van der Waals surface area contributed by atoms with Crippen LogP contribution >= 0.6 is 11.8 Å². The van der Waals surface area contributed by atoms with Gasteiger partial charge in [-0.2, -0.15) is 5.10 Å². The normalized spacial score (nSPS) is 15.1. The van der Waals surface area contributed by atoms with Crippen molar-refractivity contribution in [1.29, 1.82) is 0 Å². The summed E-state index contributed by atoms with van der Waals surface area (Å²) >= 11 is 1.48. The minimum atomic E-state index is -0.522. The second-order valence-electron chi connectivity index (χ2n) is 5.28. The smallest absolute Gasteiger partial charge is 0.269 e. The average molecular weight is 333 g/mol. The molecule has 1 heterocycles. The molecule has 0 saturated heterocycles. The van der Waals surface area contributed by atoms with E-state index in [4.69, 9.17) is 0 Å². The number of benzene rings is 1. The number of carbonyl (C=O) groups is 1. The number of nitro benzene ring substituents is 1. The molecule has 0 atom stereocenters. The number of nitrogens with zero attached hydrogens (tertiary/aromatic N) is 3. The fourth-order valence-corrected chi connectivity index (χ4v) is 3.06. The molecule has 0 radical (unpaired) electrons. The number of carbonyl (C=O) groups excluding carboxylic acids is 1. The maximum absolute atomic E-state index is 12.4. The van der Waals surface area contributed by atoms with Gasteiger partial charge in [0.15, 0.2) is 5.16 Å². The van der Waals surface area contributed by atoms with E-state index in [0.29, 0.717) is 12.3 Å². The van der Waals surface area contributed by atoms with E-state index < -0.39 is 10.3 Å². The third-order valence-electron chi connectivity index (χ3n) is 3.83. The summed E-state index contributed by atoms with van der Waals surface area (Å²) < 4.78 is 0. The zero-order chi connectivity index (χ0) is 16.3. The third kappa shape index (κ3) is 3.34. The first-order valence-electron chi connectivity index (χ1n) is 7.13. The minimum Gasteiger partial charge on any atom is -0.354 e. The van der Waals surface area contributed by atoms with Crippen molar-refractivity contribution in [3.8, 4) is 0 Å². The molecule has 1 aliphatic carbocycles. The van der Waals surface area contributed by atoms with E-state index in [1.165, 1.54) is 30.2 Å². The lowest BCUT2D eigenvalue weighted by atomic mass is 9.95. The Morgan fingerprint density at radius 3 is 2.70 bits per heavy atom. The topological polar surface area (TPSA) is 114 Å². The Morgan fingerprint density at radius 1 is 1.39 bits per heavy atom. The van der Waals surface area contributed by atoms with Crippen LogP contribution < -0.4 is 5.32 Å². The Kier molecular flexibility index (Phi) is 4.28. The van der Waals surface area contributed by atoms with Crippen molar-refractivity contribution in [2.24, 2.45) is 0 Å². The van der Waals surface area contributed by atoms with Gasteiger partial charge in [-0.1, -0.05) is 23.9 Å². The molecule has 1 aromatic carbocycles. The number of amides is 1. The van der Waals surface area contributed by atoms with Crippen molar-refractivity contribution < 1.29 is 9.72 Å². The molecule has 8 nitrogen and oxygen atoms in total. The van der Waals surface area contributed by atoms with Gasteiger partial charge in [-0.15, -0.1) is 0 Å². The summed E-state index contributed by atoms with van der Waals surface area (Å²) in [7, 11) is 0. The molecule has 1 aromatic heterocycles. The van der Waals surface area contributed by atoms with Gasteiger partial charge in [0, 0.05) is 24.4 Å². The second-order valence-corrected chi connectivity index (χ2v) is 6.36. The molecule has 1 amide bonds. The first-order valence-corrected chi connectivity index (χ1v) is 8.12. The zero-order valence-electron chi connectivity index (χ0n) is 12.2. The number of rotatable bonds is 7. The van der Waals surface area contributed by atoms with Gasteiger partial charge in [-0.3, -0.25) is 20.0 Å². The highest BCUT2D eigenvalue weighted by molar-refractivity contribution is 7.99. The molecule has 2 aromatic rings. The molecular weight excluding hydrogens is 318 g/mol. The van der Waals surface area contributed by atoms with E-state index in [2.05, 4.69) is 20.5 Å². The Morgan fingerprint density at radius 2 is 2.13 bits per heavy atom. The van der Waals surface area contributed by atoms with Gasteiger partial charge in [-0.25, -0.2) is 4.98 Å². The summed E-state index contributed by atoms with van der Waals surface area (Å²) in [5.41, 5.74) is 0.350. The van der Waals surface area contributed by atoms with Crippen LogP contribution in [0.4, 0.5) is 5.69 Å². The molecular formula is C14H15N5O3S. The second kappa shape index (κ2) is 6.37. The van der Waals surface area contributed by atoms with Crippen molar-refractivity contribution in [3.05, 3.63) is 46.3 Å². The van der Waals surface area contributed by atoms with Crippen molar-refractivity contribution in [1.82, 2.24) is 20.5 Å². The number of nitro groups is 1. The Bertz CT molecular complexity index is 698. The summed E-state index contributed by atoms with van der Waals surface area (Å²) in [6, 6.07) is 6.24. The first-order chi connectivity index (χ1) is 11.1. The number of thioether (sulfide) groups is 1. The number of hydrogen-bond donors (Lipinski definition) is 2. The van der Waals surface area contributed by atoms with Crippen LogP contribution in [0.3, 0.4) is 0 Å². The van der Waals surface area contributed by atoms with Gasteiger partial charge in [0.25, 0.3) is 5.69 Å². The molecule has 0 aliphatic heterocycles. The summed E-state index contributed by atoms with van der Waals surface area (Å²) in [6.07, 6.45) is 2.98. The fraction of sp³-hybridized carbons (Fsp3) is 0.357. The molecule has 1 aliphatic rings. The summed E-state index contributed by atoms with van der Waals surface area (Å²) in [6.45, 7) is 0.527. The van der Waals surface area contributed by atoms with E-state index in [1.54, 1.807) is 12.1 Å². The Labute approximate surface area is 136 Å². The SMILES string of the molecule is O=C(NCCSc1ncn[nH]1)C1(c2ccc([N+](=O)[O-])cc2)CC1. The maximum atomic E-state index is 12.4. The molecule has 23 heavy (non-hydrogen) atoms. The lowest BCUT2D eigenvalue weighted by Crippen LogP contribution is -2.36. The highest BCUT2D eigenvalue weighted by Gasteiger charge is 2.51. The number of aromatic nitrogens is 3. The van der Waals surface area contributed by atoms with E-state index in [9.17, 15) is 14.9 Å². The summed E-state index contributed by atoms with van der Waals surface area (Å²) in [5.74, 6) is 0.668. The molecule has 0 bridgehead atoms. The predicted molar refractivity (Wildman–Crippen MR) is 84.1 cm³/mol. The molecule has 3 rings (SSSR count). The predicted octanol–water partition coefficient (Wildman–Crippen LogP) is 1.65. The van der Waals surface area contributed by atoms with Crippen LogP contribution in [0.15, 0.2) is 35.7 Å². The molecule has 0 spiro atoms. The van der Waals surface area contributed by atoms with Gasteiger partial charge in [0.1, 0.15) is 6.33 Å². The van der Waals surface area contributed by atoms with E-state index in [-0.39, 0.29) is 11.6 Å². The Hall–Kier alpha value is -2.42.